The Balaban J connectivity index is 3.53. The Morgan fingerprint density at radius 2 is 1.85 bits per heavy atom. The van der Waals surface area contributed by atoms with Gasteiger partial charge in [0.25, 0.3) is 0 Å². The normalized spacial score (nSPS) is 10.2. The van der Waals surface area contributed by atoms with Gasteiger partial charge in [-0.3, -0.25) is 0 Å². The molecule has 0 saturated carbocycles. The van der Waals surface area contributed by atoms with Gasteiger partial charge in [-0.15, -0.1) is 0 Å². The molecule has 0 unspecified atom stereocenters. The van der Waals surface area contributed by atoms with Crippen LogP contribution in [0.2, 0.25) is 0 Å². The molecule has 0 aliphatic heterocycles. The fraction of sp³-hybridized carbons (Fsp3) is 0.125. The lowest BCUT2D eigenvalue weighted by Gasteiger charge is -2.07. The molecule has 0 saturated heterocycles. The second-order valence-electron chi connectivity index (χ2n) is 2.48. The third kappa shape index (κ3) is 2.46. The van der Waals surface area contributed by atoms with E-state index >= 15 is 0 Å². The van der Waals surface area contributed by atoms with Crippen molar-refractivity contribution in [2.24, 2.45) is 0 Å². The van der Waals surface area contributed by atoms with Gasteiger partial charge in [-0.05, 0) is 86.3 Å². The molecule has 1 aromatic carbocycles. The first-order valence-corrected chi connectivity index (χ1v) is 6.56. The standard InChI is InChI=1S/C8H5I3O2/c1-3-2-4(9)6(10)7(11)5(3)8(12)13/h2H,1H3,(H,12,13). The molecule has 1 aromatic rings. The summed E-state index contributed by atoms with van der Waals surface area (Å²) in [6.45, 7) is 1.82. The zero-order valence-corrected chi connectivity index (χ0v) is 13.0. The van der Waals surface area contributed by atoms with Gasteiger partial charge in [0.15, 0.2) is 0 Å². The molecule has 0 spiro atoms. The van der Waals surface area contributed by atoms with Crippen molar-refractivity contribution in [3.63, 3.8) is 0 Å². The number of hydrogen-bond donors (Lipinski definition) is 1. The summed E-state index contributed by atoms with van der Waals surface area (Å²) >= 11 is 6.45. The number of carboxylic acids is 1. The maximum atomic E-state index is 10.9. The van der Waals surface area contributed by atoms with E-state index in [0.29, 0.717) is 5.56 Å². The monoisotopic (exact) mass is 514 g/mol. The molecule has 13 heavy (non-hydrogen) atoms. The number of hydrogen-bond acceptors (Lipinski definition) is 1. The van der Waals surface area contributed by atoms with E-state index in [4.69, 9.17) is 5.11 Å². The van der Waals surface area contributed by atoms with Crippen LogP contribution in [0.1, 0.15) is 15.9 Å². The molecule has 0 bridgehead atoms. The van der Waals surface area contributed by atoms with Gasteiger partial charge in [0, 0.05) is 10.7 Å². The largest absolute Gasteiger partial charge is 0.478 e. The van der Waals surface area contributed by atoms with E-state index < -0.39 is 5.97 Å². The lowest BCUT2D eigenvalue weighted by atomic mass is 10.1. The summed E-state index contributed by atoms with van der Waals surface area (Å²) in [6, 6.07) is 1.90. The van der Waals surface area contributed by atoms with Crippen LogP contribution in [0.4, 0.5) is 0 Å². The number of halogens is 3. The SMILES string of the molecule is Cc1cc(I)c(I)c(I)c1C(=O)O. The minimum Gasteiger partial charge on any atom is -0.478 e. The number of rotatable bonds is 1. The van der Waals surface area contributed by atoms with Crippen LogP contribution in [0, 0.1) is 17.6 Å². The van der Waals surface area contributed by atoms with Gasteiger partial charge in [0.2, 0.25) is 0 Å². The Labute approximate surface area is 117 Å². The van der Waals surface area contributed by atoms with Crippen LogP contribution in [0.15, 0.2) is 6.07 Å². The molecule has 0 heterocycles. The highest BCUT2D eigenvalue weighted by Crippen LogP contribution is 2.27. The lowest BCUT2D eigenvalue weighted by Crippen LogP contribution is -2.05. The van der Waals surface area contributed by atoms with Crippen molar-refractivity contribution in [2.75, 3.05) is 0 Å². The highest BCUT2D eigenvalue weighted by molar-refractivity contribution is 14.1. The Morgan fingerprint density at radius 3 is 2.31 bits per heavy atom. The van der Waals surface area contributed by atoms with Crippen molar-refractivity contribution < 1.29 is 9.90 Å². The fourth-order valence-electron chi connectivity index (χ4n) is 0.976. The molecule has 0 aliphatic rings. The Kier molecular flexibility index (Phi) is 4.23. The summed E-state index contributed by atoms with van der Waals surface area (Å²) in [6.07, 6.45) is 0. The zero-order valence-electron chi connectivity index (χ0n) is 6.57. The van der Waals surface area contributed by atoms with Crippen molar-refractivity contribution in [3.8, 4) is 0 Å². The third-order valence-electron chi connectivity index (χ3n) is 1.57. The van der Waals surface area contributed by atoms with Crippen molar-refractivity contribution in [1.82, 2.24) is 0 Å². The quantitative estimate of drug-likeness (QED) is 0.461. The van der Waals surface area contributed by atoms with Gasteiger partial charge in [-0.1, -0.05) is 0 Å². The van der Waals surface area contributed by atoms with Crippen molar-refractivity contribution in [2.45, 2.75) is 6.92 Å². The third-order valence-corrected chi connectivity index (χ3v) is 6.69. The molecule has 0 aliphatic carbocycles. The highest BCUT2D eigenvalue weighted by atomic mass is 127. The van der Waals surface area contributed by atoms with Gasteiger partial charge in [0.05, 0.1) is 5.56 Å². The van der Waals surface area contributed by atoms with Crippen molar-refractivity contribution >= 4 is 73.7 Å². The van der Waals surface area contributed by atoms with Crippen LogP contribution in [0.3, 0.4) is 0 Å². The summed E-state index contributed by atoms with van der Waals surface area (Å²) in [5.74, 6) is -0.851. The maximum Gasteiger partial charge on any atom is 0.337 e. The van der Waals surface area contributed by atoms with Gasteiger partial charge >= 0.3 is 5.97 Å². The molecule has 0 atom stereocenters. The number of aryl methyl sites for hydroxylation is 1. The molecule has 1 N–H and O–H groups in total. The summed E-state index contributed by atoms with van der Waals surface area (Å²) in [5.41, 5.74) is 1.24. The van der Waals surface area contributed by atoms with Crippen LogP contribution < -0.4 is 0 Å². The van der Waals surface area contributed by atoms with E-state index in [1.165, 1.54) is 0 Å². The average molecular weight is 514 g/mol. The van der Waals surface area contributed by atoms with Crippen molar-refractivity contribution in [1.29, 1.82) is 0 Å². The van der Waals surface area contributed by atoms with E-state index in [2.05, 4.69) is 67.8 Å². The van der Waals surface area contributed by atoms with E-state index in [9.17, 15) is 4.79 Å². The molecule has 0 amide bonds. The summed E-state index contributed by atoms with van der Waals surface area (Å²) in [4.78, 5) is 10.9. The Bertz CT molecular complexity index is 374. The molecule has 0 aromatic heterocycles. The Morgan fingerprint density at radius 1 is 1.31 bits per heavy atom. The fourth-order valence-corrected chi connectivity index (χ4v) is 3.60. The van der Waals surface area contributed by atoms with E-state index in [-0.39, 0.29) is 0 Å². The molecule has 0 radical (unpaired) electrons. The van der Waals surface area contributed by atoms with Gasteiger partial charge in [-0.25, -0.2) is 4.79 Å². The second kappa shape index (κ2) is 4.60. The molecule has 5 heteroatoms. The molecule has 1 rings (SSSR count). The second-order valence-corrected chi connectivity index (χ2v) is 5.80. The van der Waals surface area contributed by atoms with Crippen LogP contribution in [-0.2, 0) is 0 Å². The first-order valence-electron chi connectivity index (χ1n) is 3.32. The zero-order chi connectivity index (χ0) is 10.2. The lowest BCUT2D eigenvalue weighted by molar-refractivity contribution is 0.0695. The molecular weight excluding hydrogens is 509 g/mol. The topological polar surface area (TPSA) is 37.3 Å². The van der Waals surface area contributed by atoms with Gasteiger partial charge in [0.1, 0.15) is 0 Å². The smallest absolute Gasteiger partial charge is 0.337 e. The summed E-state index contributed by atoms with van der Waals surface area (Å²) < 4.78 is 2.95. The van der Waals surface area contributed by atoms with E-state index in [0.717, 1.165) is 16.3 Å². The molecule has 70 valence electrons. The minimum absolute atomic E-state index is 0.422. The average Bonchev–Trinajstić information content (AvgIpc) is 1.99. The highest BCUT2D eigenvalue weighted by Gasteiger charge is 2.16. The molecular formula is C8H5I3O2. The van der Waals surface area contributed by atoms with Gasteiger partial charge in [-0.2, -0.15) is 0 Å². The van der Waals surface area contributed by atoms with E-state index in [1.807, 2.05) is 13.0 Å². The Hall–Kier alpha value is 0.880. The summed E-state index contributed by atoms with van der Waals surface area (Å²) in [7, 11) is 0. The van der Waals surface area contributed by atoms with Crippen LogP contribution >= 0.6 is 67.8 Å². The minimum atomic E-state index is -0.851. The predicted molar refractivity (Wildman–Crippen MR) is 76.3 cm³/mol. The first-order chi connectivity index (χ1) is 5.95. The number of carboxylic acid groups (broad SMARTS) is 1. The van der Waals surface area contributed by atoms with Gasteiger partial charge < -0.3 is 5.11 Å². The van der Waals surface area contributed by atoms with E-state index in [1.54, 1.807) is 0 Å². The first kappa shape index (κ1) is 12.0. The van der Waals surface area contributed by atoms with Crippen LogP contribution in [0.5, 0.6) is 0 Å². The molecule has 0 fully saturated rings. The number of benzene rings is 1. The molecule has 2 nitrogen and oxygen atoms in total. The number of carbonyl (C=O) groups is 1. The van der Waals surface area contributed by atoms with Crippen LogP contribution in [0.25, 0.3) is 0 Å². The summed E-state index contributed by atoms with van der Waals surface area (Å²) in [5, 5.41) is 8.95. The maximum absolute atomic E-state index is 10.9. The number of aromatic carboxylic acids is 1. The van der Waals surface area contributed by atoms with Crippen LogP contribution in [-0.4, -0.2) is 11.1 Å². The van der Waals surface area contributed by atoms with Crippen molar-refractivity contribution in [3.05, 3.63) is 27.9 Å². The predicted octanol–water partition coefficient (Wildman–Crippen LogP) is 3.51.